The van der Waals surface area contributed by atoms with Gasteiger partial charge in [-0.25, -0.2) is 8.42 Å². The molecular formula is C18H19NO5S3. The SMILES string of the molecule is C=CCOc1ccc(/C=C2/SC(=S)N([C@H]3CCS(=O)(=O)C3)C2=O)cc1OC. The summed E-state index contributed by atoms with van der Waals surface area (Å²) in [4.78, 5) is 14.7. The van der Waals surface area contributed by atoms with Gasteiger partial charge < -0.3 is 9.47 Å². The van der Waals surface area contributed by atoms with Gasteiger partial charge in [0.2, 0.25) is 0 Å². The van der Waals surface area contributed by atoms with Crippen LogP contribution < -0.4 is 9.47 Å². The molecule has 2 aliphatic heterocycles. The van der Waals surface area contributed by atoms with Crippen LogP contribution in [0.15, 0.2) is 35.8 Å². The molecule has 2 saturated heterocycles. The van der Waals surface area contributed by atoms with E-state index in [0.29, 0.717) is 33.8 Å². The van der Waals surface area contributed by atoms with Crippen LogP contribution in [0.3, 0.4) is 0 Å². The molecule has 2 fully saturated rings. The molecule has 0 aliphatic carbocycles. The van der Waals surface area contributed by atoms with Crippen LogP contribution in [0.5, 0.6) is 11.5 Å². The van der Waals surface area contributed by atoms with Gasteiger partial charge in [0.05, 0.1) is 29.6 Å². The number of carbonyl (C=O) groups is 1. The number of methoxy groups -OCH3 is 1. The number of benzene rings is 1. The molecule has 1 aromatic rings. The number of sulfone groups is 1. The second-order valence-corrected chi connectivity index (χ2v) is 10.0. The normalized spacial score (nSPS) is 23.1. The van der Waals surface area contributed by atoms with Crippen LogP contribution in [-0.4, -0.2) is 54.8 Å². The number of thioether (sulfide) groups is 1. The van der Waals surface area contributed by atoms with Gasteiger partial charge in [-0.15, -0.1) is 0 Å². The molecule has 0 saturated carbocycles. The molecule has 27 heavy (non-hydrogen) atoms. The molecule has 0 N–H and O–H groups in total. The van der Waals surface area contributed by atoms with Crippen molar-refractivity contribution < 1.29 is 22.7 Å². The van der Waals surface area contributed by atoms with Crippen molar-refractivity contribution >= 4 is 50.1 Å². The lowest BCUT2D eigenvalue weighted by atomic mass is 10.1. The van der Waals surface area contributed by atoms with Crippen molar-refractivity contribution in [3.8, 4) is 11.5 Å². The zero-order valence-electron chi connectivity index (χ0n) is 14.7. The van der Waals surface area contributed by atoms with E-state index in [-0.39, 0.29) is 23.5 Å². The maximum Gasteiger partial charge on any atom is 0.266 e. The van der Waals surface area contributed by atoms with Crippen molar-refractivity contribution in [2.45, 2.75) is 12.5 Å². The first-order chi connectivity index (χ1) is 12.8. The van der Waals surface area contributed by atoms with E-state index in [1.807, 2.05) is 6.07 Å². The van der Waals surface area contributed by atoms with Crippen molar-refractivity contribution in [1.29, 1.82) is 0 Å². The highest BCUT2D eigenvalue weighted by Crippen LogP contribution is 2.37. The number of ether oxygens (including phenoxy) is 2. The Labute approximate surface area is 168 Å². The molecule has 1 amide bonds. The van der Waals surface area contributed by atoms with Crippen molar-refractivity contribution in [3.63, 3.8) is 0 Å². The van der Waals surface area contributed by atoms with E-state index in [2.05, 4.69) is 6.58 Å². The largest absolute Gasteiger partial charge is 0.493 e. The third-order valence-electron chi connectivity index (χ3n) is 4.24. The van der Waals surface area contributed by atoms with Crippen molar-refractivity contribution in [1.82, 2.24) is 4.90 Å². The first-order valence-corrected chi connectivity index (χ1v) is 11.3. The van der Waals surface area contributed by atoms with Crippen LogP contribution in [-0.2, 0) is 14.6 Å². The lowest BCUT2D eigenvalue weighted by Gasteiger charge is -2.20. The molecule has 6 nitrogen and oxygen atoms in total. The number of hydrogen-bond donors (Lipinski definition) is 0. The van der Waals surface area contributed by atoms with E-state index < -0.39 is 9.84 Å². The first-order valence-electron chi connectivity index (χ1n) is 8.24. The smallest absolute Gasteiger partial charge is 0.266 e. The topological polar surface area (TPSA) is 72.9 Å². The van der Waals surface area contributed by atoms with E-state index in [1.165, 1.54) is 16.7 Å². The average Bonchev–Trinajstić information content (AvgIpc) is 3.11. The third kappa shape index (κ3) is 4.36. The molecule has 3 rings (SSSR count). The Morgan fingerprint density at radius 2 is 2.19 bits per heavy atom. The van der Waals surface area contributed by atoms with E-state index >= 15 is 0 Å². The highest BCUT2D eigenvalue weighted by molar-refractivity contribution is 8.26. The van der Waals surface area contributed by atoms with Crippen LogP contribution in [0.4, 0.5) is 0 Å². The molecule has 2 aliphatic rings. The van der Waals surface area contributed by atoms with Gasteiger partial charge in [0.15, 0.2) is 21.3 Å². The first kappa shape index (κ1) is 19.9. The molecule has 0 bridgehead atoms. The van der Waals surface area contributed by atoms with Gasteiger partial charge in [0.1, 0.15) is 10.9 Å². The molecule has 0 unspecified atom stereocenters. The number of thiocarbonyl (C=S) groups is 1. The van der Waals surface area contributed by atoms with E-state index in [4.69, 9.17) is 21.7 Å². The fourth-order valence-electron chi connectivity index (χ4n) is 2.97. The zero-order valence-corrected chi connectivity index (χ0v) is 17.2. The summed E-state index contributed by atoms with van der Waals surface area (Å²) in [6.45, 7) is 3.97. The summed E-state index contributed by atoms with van der Waals surface area (Å²) in [5.41, 5.74) is 0.761. The van der Waals surface area contributed by atoms with Crippen molar-refractivity contribution in [3.05, 3.63) is 41.3 Å². The molecule has 0 spiro atoms. The van der Waals surface area contributed by atoms with Gasteiger partial charge in [-0.05, 0) is 30.2 Å². The van der Waals surface area contributed by atoms with Crippen LogP contribution >= 0.6 is 24.0 Å². The zero-order chi connectivity index (χ0) is 19.6. The number of hydrogen-bond acceptors (Lipinski definition) is 7. The summed E-state index contributed by atoms with van der Waals surface area (Å²) in [5, 5.41) is 0. The molecule has 0 aromatic heterocycles. The van der Waals surface area contributed by atoms with Gasteiger partial charge >= 0.3 is 0 Å². The number of nitrogens with zero attached hydrogens (tertiary/aromatic N) is 1. The molecule has 1 atom stereocenters. The van der Waals surface area contributed by atoms with Crippen LogP contribution in [0.2, 0.25) is 0 Å². The summed E-state index contributed by atoms with van der Waals surface area (Å²) in [6, 6.07) is 4.97. The molecule has 144 valence electrons. The quantitative estimate of drug-likeness (QED) is 0.394. The van der Waals surface area contributed by atoms with Gasteiger partial charge in [-0.1, -0.05) is 42.7 Å². The summed E-state index contributed by atoms with van der Waals surface area (Å²) >= 11 is 6.50. The summed E-state index contributed by atoms with van der Waals surface area (Å²) < 4.78 is 34.7. The molecule has 2 heterocycles. The Balaban J connectivity index is 1.82. The Kier molecular flexibility index (Phi) is 5.92. The van der Waals surface area contributed by atoms with Gasteiger partial charge in [-0.2, -0.15) is 0 Å². The van der Waals surface area contributed by atoms with Gasteiger partial charge in [0, 0.05) is 0 Å². The van der Waals surface area contributed by atoms with Crippen molar-refractivity contribution in [2.24, 2.45) is 0 Å². The minimum Gasteiger partial charge on any atom is -0.493 e. The maximum absolute atomic E-state index is 12.8. The lowest BCUT2D eigenvalue weighted by molar-refractivity contribution is -0.123. The Morgan fingerprint density at radius 1 is 1.41 bits per heavy atom. The van der Waals surface area contributed by atoms with Crippen LogP contribution in [0, 0.1) is 0 Å². The fourth-order valence-corrected chi connectivity index (χ4v) is 6.07. The van der Waals surface area contributed by atoms with Gasteiger partial charge in [0.25, 0.3) is 5.91 Å². The number of carbonyl (C=O) groups excluding carboxylic acids is 1. The van der Waals surface area contributed by atoms with E-state index in [0.717, 1.165) is 5.56 Å². The van der Waals surface area contributed by atoms with Crippen molar-refractivity contribution in [2.75, 3.05) is 25.2 Å². The van der Waals surface area contributed by atoms with Crippen LogP contribution in [0.1, 0.15) is 12.0 Å². The second kappa shape index (κ2) is 8.04. The highest BCUT2D eigenvalue weighted by Gasteiger charge is 2.42. The lowest BCUT2D eigenvalue weighted by Crippen LogP contribution is -2.39. The Bertz CT molecular complexity index is 923. The standard InChI is InChI=1S/C18H19NO5S3/c1-3-7-24-14-5-4-12(9-15(14)23-2)10-16-17(20)19(18(25)26-16)13-6-8-27(21,22)11-13/h3-5,9-10,13H,1,6-8,11H2,2H3/b16-10+/t13-/m0/s1. The third-order valence-corrected chi connectivity index (χ3v) is 7.32. The second-order valence-electron chi connectivity index (χ2n) is 6.12. The Hall–Kier alpha value is -1.84. The van der Waals surface area contributed by atoms with Gasteiger partial charge in [-0.3, -0.25) is 9.69 Å². The van der Waals surface area contributed by atoms with E-state index in [9.17, 15) is 13.2 Å². The highest BCUT2D eigenvalue weighted by atomic mass is 32.2. The minimum absolute atomic E-state index is 0.0319. The molecule has 0 radical (unpaired) electrons. The predicted octanol–water partition coefficient (Wildman–Crippen LogP) is 2.65. The average molecular weight is 426 g/mol. The Morgan fingerprint density at radius 3 is 2.81 bits per heavy atom. The van der Waals surface area contributed by atoms with E-state index in [1.54, 1.807) is 31.4 Å². The number of amides is 1. The number of rotatable bonds is 6. The fraction of sp³-hybridized carbons (Fsp3) is 0.333. The van der Waals surface area contributed by atoms with Crippen LogP contribution in [0.25, 0.3) is 6.08 Å². The maximum atomic E-state index is 12.8. The predicted molar refractivity (Wildman–Crippen MR) is 111 cm³/mol. The monoisotopic (exact) mass is 425 g/mol. The molecular weight excluding hydrogens is 406 g/mol. The summed E-state index contributed by atoms with van der Waals surface area (Å²) in [7, 11) is -1.56. The summed E-state index contributed by atoms with van der Waals surface area (Å²) in [6.07, 6.45) is 3.79. The molecule has 1 aromatic carbocycles. The minimum atomic E-state index is -3.10. The summed E-state index contributed by atoms with van der Waals surface area (Å²) in [5.74, 6) is 0.937. The molecule has 9 heteroatoms.